The Labute approximate surface area is 132 Å². The standard InChI is InChI=1S/C5H9NO.CH2O.Mg.Na.H2O2S.O/c7-5-3-1-2-4-6-5;1-2;;;1-3-2;/h1-4H2,(H,6,7);1H2;;;1-2H;/q;;+2;+1;;-2/p-1. The van der Waals surface area contributed by atoms with Gasteiger partial charge in [0.2, 0.25) is 5.91 Å². The summed E-state index contributed by atoms with van der Waals surface area (Å²) in [6.45, 7) is 2.89. The van der Waals surface area contributed by atoms with E-state index in [1.165, 1.54) is 0 Å². The molecule has 0 spiro atoms. The zero-order valence-electron chi connectivity index (χ0n) is 8.73. The van der Waals surface area contributed by atoms with Crippen molar-refractivity contribution in [2.45, 2.75) is 19.3 Å². The van der Waals surface area contributed by atoms with E-state index in [1.54, 1.807) is 0 Å². The van der Waals surface area contributed by atoms with Crippen LogP contribution in [-0.4, -0.2) is 51.4 Å². The maximum Gasteiger partial charge on any atom is 2.00 e. The Morgan fingerprint density at radius 2 is 1.80 bits per heavy atom. The van der Waals surface area contributed by atoms with E-state index in [1.807, 2.05) is 6.79 Å². The quantitative estimate of drug-likeness (QED) is 0.353. The van der Waals surface area contributed by atoms with Crippen LogP contribution in [-0.2, 0) is 15.1 Å². The van der Waals surface area contributed by atoms with Gasteiger partial charge in [0.15, 0.2) is 0 Å². The number of rotatable bonds is 0. The first-order chi connectivity index (χ1) is 5.81. The molecule has 2 N–H and O–H groups in total. The molecule has 0 atom stereocenters. The first kappa shape index (κ1) is 29.8. The number of carbonyl (C=O) groups is 2. The first-order valence-corrected chi connectivity index (χ1v) is 4.00. The van der Waals surface area contributed by atoms with Crippen molar-refractivity contribution < 1.29 is 53.7 Å². The van der Waals surface area contributed by atoms with Gasteiger partial charge >= 0.3 is 52.6 Å². The van der Waals surface area contributed by atoms with Crippen molar-refractivity contribution >= 4 is 48.1 Å². The SMILES string of the molecule is C=O.O=C1CCCCN1.[Mg+2].[Na+].[O-2].[O-]SO. The van der Waals surface area contributed by atoms with Gasteiger partial charge in [-0.3, -0.25) is 4.79 Å². The molecule has 0 aromatic rings. The topological polar surface area (TPSA) is 118 Å². The van der Waals surface area contributed by atoms with Crippen LogP contribution in [0.3, 0.4) is 0 Å². The second-order valence-electron chi connectivity index (χ2n) is 1.88. The Bertz CT molecular complexity index is 116. The van der Waals surface area contributed by atoms with Crippen LogP contribution in [0.2, 0.25) is 0 Å². The van der Waals surface area contributed by atoms with Crippen molar-refractivity contribution in [1.29, 1.82) is 0 Å². The van der Waals surface area contributed by atoms with E-state index in [4.69, 9.17) is 13.9 Å². The van der Waals surface area contributed by atoms with Gasteiger partial charge in [-0.2, -0.15) is 0 Å². The summed E-state index contributed by atoms with van der Waals surface area (Å²) in [4.78, 5) is 18.4. The summed E-state index contributed by atoms with van der Waals surface area (Å²) < 4.78 is 15.3. The second-order valence-corrected chi connectivity index (χ2v) is 2.03. The Hall–Kier alpha value is 1.14. The molecule has 0 aromatic heterocycles. The van der Waals surface area contributed by atoms with Crippen molar-refractivity contribution in [3.8, 4) is 0 Å². The number of amides is 1. The molecule has 1 saturated heterocycles. The van der Waals surface area contributed by atoms with E-state index < -0.39 is 12.3 Å². The molecule has 1 rings (SSSR count). The third-order valence-corrected chi connectivity index (χ3v) is 1.15. The van der Waals surface area contributed by atoms with Gasteiger partial charge in [0.25, 0.3) is 0 Å². The van der Waals surface area contributed by atoms with E-state index in [2.05, 4.69) is 5.32 Å². The normalized spacial score (nSPS) is 11.5. The molecule has 80 valence electrons. The summed E-state index contributed by atoms with van der Waals surface area (Å²) in [5, 5.41) is 2.74. The van der Waals surface area contributed by atoms with Crippen LogP contribution < -0.4 is 34.9 Å². The average molecular weight is 258 g/mol. The van der Waals surface area contributed by atoms with Gasteiger partial charge in [-0.15, -0.1) is 12.3 Å². The summed E-state index contributed by atoms with van der Waals surface area (Å²) in [6, 6.07) is 0. The van der Waals surface area contributed by atoms with Gasteiger partial charge in [-0.25, -0.2) is 0 Å². The zero-order chi connectivity index (χ0) is 9.82. The minimum Gasteiger partial charge on any atom is -2.00 e. The molecule has 0 unspecified atom stereocenters. The fourth-order valence-corrected chi connectivity index (χ4v) is 0.727. The van der Waals surface area contributed by atoms with Crippen LogP contribution in [0.5, 0.6) is 0 Å². The minimum atomic E-state index is -0.500. The van der Waals surface area contributed by atoms with Crippen molar-refractivity contribution in [2.75, 3.05) is 6.54 Å². The predicted octanol–water partition coefficient (Wildman–Crippen LogP) is -3.07. The third-order valence-electron chi connectivity index (χ3n) is 1.15. The Kier molecular flexibility index (Phi) is 58.5. The Morgan fingerprint density at radius 3 is 1.93 bits per heavy atom. The largest absolute Gasteiger partial charge is 2.00 e. The van der Waals surface area contributed by atoms with E-state index >= 15 is 0 Å². The van der Waals surface area contributed by atoms with Crippen molar-refractivity contribution in [3.63, 3.8) is 0 Å². The minimum absolute atomic E-state index is 0. The number of nitrogens with one attached hydrogen (secondary N) is 1. The second kappa shape index (κ2) is 29.4. The summed E-state index contributed by atoms with van der Waals surface area (Å²) in [6.07, 6.45) is 2.97. The van der Waals surface area contributed by atoms with Gasteiger partial charge in [0, 0.05) is 13.0 Å². The van der Waals surface area contributed by atoms with Crippen LogP contribution in [0.15, 0.2) is 0 Å². The van der Waals surface area contributed by atoms with Gasteiger partial charge in [-0.1, -0.05) is 0 Å². The molecule has 9 heteroatoms. The van der Waals surface area contributed by atoms with Crippen LogP contribution in [0.25, 0.3) is 0 Å². The molecule has 0 saturated carbocycles. The Morgan fingerprint density at radius 1 is 1.40 bits per heavy atom. The molecule has 6 nitrogen and oxygen atoms in total. The van der Waals surface area contributed by atoms with Gasteiger partial charge in [-0.05, 0) is 12.8 Å². The zero-order valence-corrected chi connectivity index (χ0v) is 13.0. The number of hydrogen-bond acceptors (Lipinski definition) is 5. The molecule has 1 amide bonds. The van der Waals surface area contributed by atoms with Crippen molar-refractivity contribution in [2.24, 2.45) is 0 Å². The monoisotopic (exact) mass is 257 g/mol. The summed E-state index contributed by atoms with van der Waals surface area (Å²) in [5.74, 6) is 0.214. The molecule has 15 heavy (non-hydrogen) atoms. The van der Waals surface area contributed by atoms with Crippen molar-refractivity contribution in [3.05, 3.63) is 0 Å². The number of piperidine rings is 1. The average Bonchev–Trinajstić information content (AvgIpc) is 2.11. The molecule has 0 bridgehead atoms. The summed E-state index contributed by atoms with van der Waals surface area (Å²) in [5.41, 5.74) is 0. The van der Waals surface area contributed by atoms with Crippen LogP contribution >= 0.6 is 12.3 Å². The number of carbonyl (C=O) groups excluding carboxylic acids is 2. The van der Waals surface area contributed by atoms with Gasteiger partial charge < -0.3 is 24.7 Å². The number of hydrogen-bond donors (Lipinski definition) is 2. The first-order valence-electron chi connectivity index (χ1n) is 3.30. The molecule has 0 radical (unpaired) electrons. The van der Waals surface area contributed by atoms with E-state index in [9.17, 15) is 4.79 Å². The molecule has 1 heterocycles. The third kappa shape index (κ3) is 31.3. The van der Waals surface area contributed by atoms with E-state index in [0.29, 0.717) is 0 Å². The molecule has 1 fully saturated rings. The fraction of sp³-hybridized carbons (Fsp3) is 0.667. The van der Waals surface area contributed by atoms with Crippen LogP contribution in [0, 0.1) is 0 Å². The molecule has 0 aliphatic carbocycles. The van der Waals surface area contributed by atoms with Crippen LogP contribution in [0.1, 0.15) is 19.3 Å². The molecular weight excluding hydrogens is 245 g/mol. The fourth-order valence-electron chi connectivity index (χ4n) is 0.727. The van der Waals surface area contributed by atoms with Gasteiger partial charge in [0.1, 0.15) is 6.79 Å². The molecular formula is C6H12MgNNaO5S. The Balaban J connectivity index is -0.0000000373. The smallest absolute Gasteiger partial charge is 2.00 e. The van der Waals surface area contributed by atoms with E-state index in [0.717, 1.165) is 25.8 Å². The maximum atomic E-state index is 10.4. The summed E-state index contributed by atoms with van der Waals surface area (Å²) >= 11 is -0.500. The van der Waals surface area contributed by atoms with Crippen LogP contribution in [0.4, 0.5) is 0 Å². The van der Waals surface area contributed by atoms with Gasteiger partial charge in [0.05, 0.1) is 0 Å². The summed E-state index contributed by atoms with van der Waals surface area (Å²) in [7, 11) is 0. The molecule has 0 aromatic carbocycles. The maximum absolute atomic E-state index is 10.4. The predicted molar refractivity (Wildman–Crippen MR) is 51.4 cm³/mol. The molecule has 1 aliphatic rings. The van der Waals surface area contributed by atoms with Crippen molar-refractivity contribution in [1.82, 2.24) is 5.32 Å². The van der Waals surface area contributed by atoms with E-state index in [-0.39, 0.29) is 64.0 Å². The molecule has 1 aliphatic heterocycles.